The van der Waals surface area contributed by atoms with Gasteiger partial charge in [-0.25, -0.2) is 0 Å². The van der Waals surface area contributed by atoms with Gasteiger partial charge in [0.15, 0.2) is 0 Å². The Balaban J connectivity index is 2.23. The highest BCUT2D eigenvalue weighted by atomic mass is 16.5. The van der Waals surface area contributed by atoms with E-state index in [1.165, 1.54) is 12.7 Å². The van der Waals surface area contributed by atoms with E-state index < -0.39 is 0 Å². The van der Waals surface area contributed by atoms with E-state index in [4.69, 9.17) is 4.74 Å². The number of allylic oxidation sites excluding steroid dienone is 2. The number of ether oxygens (including phenoxy) is 1. The fourth-order valence-electron chi connectivity index (χ4n) is 3.90. The maximum absolute atomic E-state index is 12.6. The number of hydrogen-bond donors (Lipinski definition) is 0. The van der Waals surface area contributed by atoms with Crippen molar-refractivity contribution in [2.45, 2.75) is 46.5 Å². The van der Waals surface area contributed by atoms with Crippen LogP contribution in [0.4, 0.5) is 0 Å². The summed E-state index contributed by atoms with van der Waals surface area (Å²) in [6.07, 6.45) is 5.55. The molecule has 3 heteroatoms. The summed E-state index contributed by atoms with van der Waals surface area (Å²) < 4.78 is 4.72. The number of esters is 1. The van der Waals surface area contributed by atoms with Crippen molar-refractivity contribution in [1.29, 1.82) is 0 Å². The van der Waals surface area contributed by atoms with E-state index in [0.717, 1.165) is 19.3 Å². The zero-order valence-electron chi connectivity index (χ0n) is 12.4. The third-order valence-corrected chi connectivity index (χ3v) is 5.00. The Kier molecular flexibility index (Phi) is 3.84. The molecule has 3 atom stereocenters. The van der Waals surface area contributed by atoms with Gasteiger partial charge in [-0.15, -0.1) is 0 Å². The Hall–Kier alpha value is -1.12. The smallest absolute Gasteiger partial charge is 0.306 e. The van der Waals surface area contributed by atoms with Gasteiger partial charge in [0.2, 0.25) is 0 Å². The van der Waals surface area contributed by atoms with E-state index in [0.29, 0.717) is 11.8 Å². The van der Waals surface area contributed by atoms with Gasteiger partial charge in [0.1, 0.15) is 5.78 Å². The molecule has 0 aromatic heterocycles. The Bertz CT molecular complexity index is 420. The summed E-state index contributed by atoms with van der Waals surface area (Å²) in [5, 5.41) is 0. The van der Waals surface area contributed by atoms with Crippen molar-refractivity contribution in [3.8, 4) is 0 Å². The molecule has 2 rings (SSSR count). The molecule has 0 aromatic rings. The molecule has 3 nitrogen and oxygen atoms in total. The molecule has 0 saturated heterocycles. The zero-order chi connectivity index (χ0) is 14.2. The fraction of sp³-hybridized carbons (Fsp3) is 0.750. The summed E-state index contributed by atoms with van der Waals surface area (Å²) in [6.45, 7) is 6.25. The highest BCUT2D eigenvalue weighted by molar-refractivity contribution is 5.90. The third kappa shape index (κ3) is 2.60. The predicted octanol–water partition coefficient (Wildman–Crippen LogP) is 3.14. The number of methoxy groups -OCH3 is 1. The van der Waals surface area contributed by atoms with Crippen molar-refractivity contribution in [2.75, 3.05) is 7.11 Å². The SMILES string of the molecule is COC(=O)C[C@@H]1CC2C=C(C)CCC2C(C)(C)C1=O. The first kappa shape index (κ1) is 14.3. The van der Waals surface area contributed by atoms with E-state index in [9.17, 15) is 9.59 Å². The van der Waals surface area contributed by atoms with E-state index in [-0.39, 0.29) is 29.5 Å². The molecule has 1 saturated carbocycles. The Morgan fingerprint density at radius 2 is 2.16 bits per heavy atom. The minimum absolute atomic E-state index is 0.175. The van der Waals surface area contributed by atoms with Gasteiger partial charge in [0.05, 0.1) is 13.5 Å². The molecule has 0 aromatic carbocycles. The number of hydrogen-bond acceptors (Lipinski definition) is 3. The van der Waals surface area contributed by atoms with Crippen LogP contribution in [0, 0.1) is 23.2 Å². The van der Waals surface area contributed by atoms with Gasteiger partial charge in [0, 0.05) is 11.3 Å². The molecule has 0 N–H and O–H groups in total. The largest absolute Gasteiger partial charge is 0.469 e. The molecule has 2 aliphatic carbocycles. The number of fused-ring (bicyclic) bond motifs is 1. The number of carbonyl (C=O) groups excluding carboxylic acids is 2. The summed E-state index contributed by atoms with van der Waals surface area (Å²) in [6, 6.07) is 0. The average molecular weight is 264 g/mol. The van der Waals surface area contributed by atoms with Gasteiger partial charge < -0.3 is 4.74 Å². The van der Waals surface area contributed by atoms with Gasteiger partial charge in [0.25, 0.3) is 0 Å². The lowest BCUT2D eigenvalue weighted by Crippen LogP contribution is -2.47. The van der Waals surface area contributed by atoms with Crippen LogP contribution in [-0.2, 0) is 14.3 Å². The average Bonchev–Trinajstić information content (AvgIpc) is 2.35. The third-order valence-electron chi connectivity index (χ3n) is 5.00. The van der Waals surface area contributed by atoms with Gasteiger partial charge in [-0.2, -0.15) is 0 Å². The summed E-state index contributed by atoms with van der Waals surface area (Å²) in [5.74, 6) is 0.663. The van der Waals surface area contributed by atoms with E-state index in [1.54, 1.807) is 0 Å². The Morgan fingerprint density at radius 3 is 2.79 bits per heavy atom. The second-order valence-electron chi connectivity index (χ2n) is 6.62. The van der Waals surface area contributed by atoms with Gasteiger partial charge in [-0.05, 0) is 38.0 Å². The van der Waals surface area contributed by atoms with Crippen LogP contribution in [0.1, 0.15) is 46.5 Å². The minimum atomic E-state index is -0.321. The molecule has 0 amide bonds. The quantitative estimate of drug-likeness (QED) is 0.568. The molecule has 0 spiro atoms. The first-order chi connectivity index (χ1) is 8.86. The van der Waals surface area contributed by atoms with Crippen molar-refractivity contribution in [1.82, 2.24) is 0 Å². The summed E-state index contributed by atoms with van der Waals surface area (Å²) in [5.41, 5.74) is 1.10. The fourth-order valence-corrected chi connectivity index (χ4v) is 3.90. The molecule has 0 bridgehead atoms. The summed E-state index contributed by atoms with van der Waals surface area (Å²) in [4.78, 5) is 24.1. The lowest BCUT2D eigenvalue weighted by atomic mass is 9.56. The second-order valence-corrected chi connectivity index (χ2v) is 6.62. The van der Waals surface area contributed by atoms with Crippen LogP contribution >= 0.6 is 0 Å². The van der Waals surface area contributed by atoms with Gasteiger partial charge >= 0.3 is 5.97 Å². The van der Waals surface area contributed by atoms with Gasteiger partial charge in [-0.3, -0.25) is 9.59 Å². The topological polar surface area (TPSA) is 43.4 Å². The van der Waals surface area contributed by atoms with Crippen molar-refractivity contribution < 1.29 is 14.3 Å². The van der Waals surface area contributed by atoms with E-state index >= 15 is 0 Å². The monoisotopic (exact) mass is 264 g/mol. The second kappa shape index (κ2) is 5.10. The van der Waals surface area contributed by atoms with Crippen LogP contribution in [0.25, 0.3) is 0 Å². The van der Waals surface area contributed by atoms with Crippen LogP contribution in [0.2, 0.25) is 0 Å². The van der Waals surface area contributed by atoms with Crippen LogP contribution < -0.4 is 0 Å². The molecule has 2 unspecified atom stereocenters. The molecular weight excluding hydrogens is 240 g/mol. The Morgan fingerprint density at radius 1 is 1.47 bits per heavy atom. The van der Waals surface area contributed by atoms with E-state index in [1.807, 2.05) is 13.8 Å². The van der Waals surface area contributed by atoms with Crippen molar-refractivity contribution >= 4 is 11.8 Å². The standard InChI is InChI=1S/C16H24O3/c1-10-5-6-13-11(7-10)8-12(9-14(17)19-4)15(18)16(13,2)3/h7,11-13H,5-6,8-9H2,1-4H3/t11?,12-,13?/m0/s1. The lowest BCUT2D eigenvalue weighted by molar-refractivity contribution is -0.150. The highest BCUT2D eigenvalue weighted by Gasteiger charge is 2.49. The van der Waals surface area contributed by atoms with Crippen molar-refractivity contribution in [3.63, 3.8) is 0 Å². The molecule has 0 heterocycles. The number of rotatable bonds is 2. The maximum atomic E-state index is 12.6. The number of ketones is 1. The minimum Gasteiger partial charge on any atom is -0.469 e. The molecule has 0 aliphatic heterocycles. The molecule has 0 radical (unpaired) electrons. The van der Waals surface area contributed by atoms with Crippen LogP contribution in [0.5, 0.6) is 0 Å². The molecule has 2 aliphatic rings. The molecule has 106 valence electrons. The summed E-state index contributed by atoms with van der Waals surface area (Å²) in [7, 11) is 1.38. The molecule has 19 heavy (non-hydrogen) atoms. The van der Waals surface area contributed by atoms with E-state index in [2.05, 4.69) is 13.0 Å². The number of Topliss-reactive ketones (excluding diaryl/α,β-unsaturated/α-hetero) is 1. The number of carbonyl (C=O) groups is 2. The van der Waals surface area contributed by atoms with Crippen molar-refractivity contribution in [3.05, 3.63) is 11.6 Å². The molecular formula is C16H24O3. The predicted molar refractivity (Wildman–Crippen MR) is 73.5 cm³/mol. The zero-order valence-corrected chi connectivity index (χ0v) is 12.4. The summed E-state index contributed by atoms with van der Waals surface area (Å²) >= 11 is 0. The van der Waals surface area contributed by atoms with Crippen LogP contribution in [0.15, 0.2) is 11.6 Å². The first-order valence-corrected chi connectivity index (χ1v) is 7.14. The molecule has 1 fully saturated rings. The van der Waals surface area contributed by atoms with Gasteiger partial charge in [-0.1, -0.05) is 25.5 Å². The van der Waals surface area contributed by atoms with Crippen LogP contribution in [0.3, 0.4) is 0 Å². The van der Waals surface area contributed by atoms with Crippen molar-refractivity contribution in [2.24, 2.45) is 23.2 Å². The normalized spacial score (nSPS) is 33.4. The first-order valence-electron chi connectivity index (χ1n) is 7.14. The maximum Gasteiger partial charge on any atom is 0.306 e. The van der Waals surface area contributed by atoms with Crippen LogP contribution in [-0.4, -0.2) is 18.9 Å². The lowest BCUT2D eigenvalue weighted by Gasteiger charge is -2.47. The Labute approximate surface area is 115 Å². The highest BCUT2D eigenvalue weighted by Crippen LogP contribution is 2.50.